The van der Waals surface area contributed by atoms with Gasteiger partial charge in [0.2, 0.25) is 0 Å². The van der Waals surface area contributed by atoms with Gasteiger partial charge >= 0.3 is 12.1 Å². The van der Waals surface area contributed by atoms with Gasteiger partial charge in [0.15, 0.2) is 0 Å². The Hall–Kier alpha value is -3.36. The highest BCUT2D eigenvalue weighted by Crippen LogP contribution is 2.40. The fraction of sp³-hybridized carbons (Fsp3) is 0.423. The maximum absolute atomic E-state index is 13.3. The molecule has 0 bridgehead atoms. The molecule has 1 atom stereocenters. The van der Waals surface area contributed by atoms with Crippen LogP contribution in [0.15, 0.2) is 30.3 Å². The molecule has 0 aliphatic heterocycles. The van der Waals surface area contributed by atoms with E-state index >= 15 is 0 Å². The van der Waals surface area contributed by atoms with Crippen molar-refractivity contribution >= 4 is 28.4 Å². The van der Waals surface area contributed by atoms with Crippen molar-refractivity contribution in [3.05, 3.63) is 58.4 Å². The minimum atomic E-state index is -4.49. The molecule has 35 heavy (non-hydrogen) atoms. The SMILES string of the molecule is Cc1nc(N[C@H](C)c2cc(N)cc(C(F)(F)F)c2)c2cc(C3CCC(C(=O)O)CC3)c(C)cc2n1. The summed E-state index contributed by atoms with van der Waals surface area (Å²) < 4.78 is 39.9. The van der Waals surface area contributed by atoms with Crippen molar-refractivity contribution in [1.82, 2.24) is 9.97 Å². The van der Waals surface area contributed by atoms with Gasteiger partial charge in [0.05, 0.1) is 23.0 Å². The molecule has 1 heterocycles. The van der Waals surface area contributed by atoms with Gasteiger partial charge in [0.25, 0.3) is 0 Å². The van der Waals surface area contributed by atoms with Crippen LogP contribution in [0.4, 0.5) is 24.7 Å². The molecule has 0 unspecified atom stereocenters. The van der Waals surface area contributed by atoms with Crippen LogP contribution in [-0.2, 0) is 11.0 Å². The van der Waals surface area contributed by atoms with Crippen LogP contribution in [0.3, 0.4) is 0 Å². The Kier molecular flexibility index (Phi) is 6.62. The third-order valence-corrected chi connectivity index (χ3v) is 6.87. The molecule has 4 N–H and O–H groups in total. The number of carbonyl (C=O) groups is 1. The Morgan fingerprint density at radius 1 is 1.09 bits per heavy atom. The number of nitrogens with two attached hydrogens (primary N) is 1. The van der Waals surface area contributed by atoms with E-state index in [1.54, 1.807) is 13.8 Å². The summed E-state index contributed by atoms with van der Waals surface area (Å²) in [5.74, 6) is 0.292. The number of nitrogens with zero attached hydrogens (tertiary/aromatic N) is 2. The van der Waals surface area contributed by atoms with E-state index in [4.69, 9.17) is 5.73 Å². The topological polar surface area (TPSA) is 101 Å². The van der Waals surface area contributed by atoms with Gasteiger partial charge in [-0.1, -0.05) is 0 Å². The Bertz CT molecular complexity index is 1270. The summed E-state index contributed by atoms with van der Waals surface area (Å²) in [5, 5.41) is 13.4. The summed E-state index contributed by atoms with van der Waals surface area (Å²) in [4.78, 5) is 20.5. The molecule has 4 rings (SSSR count). The van der Waals surface area contributed by atoms with E-state index in [1.165, 1.54) is 6.07 Å². The molecule has 1 aliphatic carbocycles. The predicted molar refractivity (Wildman–Crippen MR) is 129 cm³/mol. The zero-order valence-corrected chi connectivity index (χ0v) is 19.9. The number of hydrogen-bond acceptors (Lipinski definition) is 5. The average molecular weight is 487 g/mol. The molecular weight excluding hydrogens is 457 g/mol. The van der Waals surface area contributed by atoms with Crippen molar-refractivity contribution in [2.24, 2.45) is 5.92 Å². The van der Waals surface area contributed by atoms with Crippen LogP contribution in [-0.4, -0.2) is 21.0 Å². The molecular formula is C26H29F3N4O2. The summed E-state index contributed by atoms with van der Waals surface area (Å²) in [6, 6.07) is 7.11. The molecule has 6 nitrogen and oxygen atoms in total. The molecule has 0 radical (unpaired) electrons. The van der Waals surface area contributed by atoms with Crippen LogP contribution in [0.1, 0.15) is 72.6 Å². The highest BCUT2D eigenvalue weighted by atomic mass is 19.4. The minimum absolute atomic E-state index is 0.0436. The number of halogens is 3. The number of carboxylic acid groups (broad SMARTS) is 1. The number of benzene rings is 2. The first-order chi connectivity index (χ1) is 16.4. The molecule has 1 saturated carbocycles. The number of alkyl halides is 3. The van der Waals surface area contributed by atoms with Crippen molar-refractivity contribution in [3.8, 4) is 0 Å². The Labute approximate surface area is 201 Å². The highest BCUT2D eigenvalue weighted by molar-refractivity contribution is 5.90. The molecule has 0 amide bonds. The molecule has 9 heteroatoms. The van der Waals surface area contributed by atoms with E-state index in [0.29, 0.717) is 30.0 Å². The van der Waals surface area contributed by atoms with Crippen LogP contribution in [0, 0.1) is 19.8 Å². The molecule has 3 aromatic rings. The third kappa shape index (κ3) is 5.33. The molecule has 0 spiro atoms. The monoisotopic (exact) mass is 486 g/mol. The van der Waals surface area contributed by atoms with Gasteiger partial charge in [-0.25, -0.2) is 9.97 Å². The fourth-order valence-corrected chi connectivity index (χ4v) is 4.99. The number of hydrogen-bond donors (Lipinski definition) is 3. The second-order valence-corrected chi connectivity index (χ2v) is 9.48. The van der Waals surface area contributed by atoms with Crippen molar-refractivity contribution in [2.75, 3.05) is 11.1 Å². The van der Waals surface area contributed by atoms with E-state index in [1.807, 2.05) is 19.1 Å². The van der Waals surface area contributed by atoms with Gasteiger partial charge in [0.1, 0.15) is 11.6 Å². The third-order valence-electron chi connectivity index (χ3n) is 6.87. The maximum atomic E-state index is 13.3. The summed E-state index contributed by atoms with van der Waals surface area (Å²) in [6.07, 6.45) is -1.63. The average Bonchev–Trinajstić information content (AvgIpc) is 2.77. The van der Waals surface area contributed by atoms with Crippen molar-refractivity contribution in [1.29, 1.82) is 0 Å². The summed E-state index contributed by atoms with van der Waals surface area (Å²) in [7, 11) is 0. The van der Waals surface area contributed by atoms with Gasteiger partial charge in [-0.2, -0.15) is 13.2 Å². The lowest BCUT2D eigenvalue weighted by atomic mass is 9.77. The zero-order valence-electron chi connectivity index (χ0n) is 19.9. The van der Waals surface area contributed by atoms with Crippen LogP contribution >= 0.6 is 0 Å². The molecule has 1 aliphatic rings. The van der Waals surface area contributed by atoms with Crippen LogP contribution in [0.25, 0.3) is 10.9 Å². The molecule has 1 fully saturated rings. The molecule has 0 saturated heterocycles. The van der Waals surface area contributed by atoms with Crippen molar-refractivity contribution < 1.29 is 23.1 Å². The number of rotatable bonds is 5. The smallest absolute Gasteiger partial charge is 0.416 e. The minimum Gasteiger partial charge on any atom is -0.481 e. The molecule has 1 aromatic heterocycles. The number of aromatic nitrogens is 2. The number of carboxylic acids is 1. The lowest BCUT2D eigenvalue weighted by Crippen LogP contribution is -2.21. The highest BCUT2D eigenvalue weighted by Gasteiger charge is 2.32. The Morgan fingerprint density at radius 2 is 1.77 bits per heavy atom. The lowest BCUT2D eigenvalue weighted by molar-refractivity contribution is -0.143. The van der Waals surface area contributed by atoms with Gasteiger partial charge in [0, 0.05) is 11.1 Å². The Morgan fingerprint density at radius 3 is 2.40 bits per heavy atom. The quantitative estimate of drug-likeness (QED) is 0.362. The first-order valence-corrected chi connectivity index (χ1v) is 11.7. The summed E-state index contributed by atoms with van der Waals surface area (Å²) in [6.45, 7) is 5.56. The van der Waals surface area contributed by atoms with Crippen molar-refractivity contribution in [3.63, 3.8) is 0 Å². The maximum Gasteiger partial charge on any atom is 0.416 e. The fourth-order valence-electron chi connectivity index (χ4n) is 4.99. The second kappa shape index (κ2) is 9.36. The van der Waals surface area contributed by atoms with Crippen molar-refractivity contribution in [2.45, 2.75) is 64.6 Å². The normalized spacial score (nSPS) is 19.5. The predicted octanol–water partition coefficient (Wildman–Crippen LogP) is 6.38. The van der Waals surface area contributed by atoms with E-state index < -0.39 is 23.8 Å². The molecule has 186 valence electrons. The van der Waals surface area contributed by atoms with E-state index in [-0.39, 0.29) is 17.5 Å². The summed E-state index contributed by atoms with van der Waals surface area (Å²) >= 11 is 0. The Balaban J connectivity index is 1.68. The van der Waals surface area contributed by atoms with E-state index in [0.717, 1.165) is 47.0 Å². The summed E-state index contributed by atoms with van der Waals surface area (Å²) in [5.41, 5.74) is 8.38. The van der Waals surface area contributed by atoms with Crippen LogP contribution < -0.4 is 11.1 Å². The van der Waals surface area contributed by atoms with Gasteiger partial charge < -0.3 is 16.2 Å². The number of fused-ring (bicyclic) bond motifs is 1. The zero-order chi connectivity index (χ0) is 25.5. The number of anilines is 2. The van der Waals surface area contributed by atoms with Crippen LogP contribution in [0.2, 0.25) is 0 Å². The van der Waals surface area contributed by atoms with Gasteiger partial charge in [-0.15, -0.1) is 0 Å². The van der Waals surface area contributed by atoms with E-state index in [2.05, 4.69) is 15.3 Å². The second-order valence-electron chi connectivity index (χ2n) is 9.48. The van der Waals surface area contributed by atoms with E-state index in [9.17, 15) is 23.1 Å². The number of nitrogen functional groups attached to an aromatic ring is 1. The van der Waals surface area contributed by atoms with Crippen LogP contribution in [0.5, 0.6) is 0 Å². The van der Waals surface area contributed by atoms with Gasteiger partial charge in [-0.3, -0.25) is 4.79 Å². The van der Waals surface area contributed by atoms with Gasteiger partial charge in [-0.05, 0) is 99.4 Å². The molecule has 2 aromatic carbocycles. The first kappa shape index (κ1) is 24.8. The first-order valence-electron chi connectivity index (χ1n) is 11.7. The number of nitrogens with one attached hydrogen (secondary N) is 1. The lowest BCUT2D eigenvalue weighted by Gasteiger charge is -2.28. The number of aliphatic carboxylic acids is 1. The standard InChI is InChI=1S/C26H29F3N4O2/c1-13-8-23-22(12-21(13)16-4-6-17(7-5-16)25(34)35)24(33-15(3)32-23)31-14(2)18-9-19(26(27,28)29)11-20(30)10-18/h8-12,14,16-17H,4-7,30H2,1-3H3,(H,34,35)(H,31,32,33)/t14-,16?,17?/m1/s1. The number of aryl methyl sites for hydroxylation is 2. The largest absolute Gasteiger partial charge is 0.481 e.